The second-order valence-electron chi connectivity index (χ2n) is 10.9. The molecule has 1 aromatic heterocycles. The molecule has 1 amide bonds. The van der Waals surface area contributed by atoms with Gasteiger partial charge in [0, 0.05) is 42.4 Å². The van der Waals surface area contributed by atoms with Gasteiger partial charge in [0.2, 0.25) is 5.91 Å². The third-order valence-electron chi connectivity index (χ3n) is 7.46. The molecule has 0 spiro atoms. The largest absolute Gasteiger partial charge is 0.494 e. The van der Waals surface area contributed by atoms with Crippen molar-refractivity contribution in [2.75, 3.05) is 25.0 Å². The van der Waals surface area contributed by atoms with Gasteiger partial charge in [-0.1, -0.05) is 54.6 Å². The van der Waals surface area contributed by atoms with E-state index in [2.05, 4.69) is 5.32 Å². The molecule has 3 aromatic carbocycles. The van der Waals surface area contributed by atoms with Gasteiger partial charge in [-0.05, 0) is 73.2 Å². The molecule has 0 bridgehead atoms. The molecule has 1 saturated carbocycles. The maximum Gasteiger partial charge on any atom is 0.326 e. The number of ether oxygens (including phenoxy) is 1. The number of hydrogen-bond donors (Lipinski definition) is 2. The molecule has 1 aliphatic carbocycles. The number of nitrogens with one attached hydrogen (secondary N) is 1. The first-order valence-electron chi connectivity index (χ1n) is 14.9. The predicted octanol–water partition coefficient (Wildman–Crippen LogP) is 6.34. The number of amides is 1. The smallest absolute Gasteiger partial charge is 0.326 e. The van der Waals surface area contributed by atoms with Crippen molar-refractivity contribution < 1.29 is 28.6 Å². The minimum Gasteiger partial charge on any atom is -0.494 e. The first-order valence-corrected chi connectivity index (χ1v) is 14.9. The van der Waals surface area contributed by atoms with E-state index in [0.717, 1.165) is 24.9 Å². The maximum atomic E-state index is 13.1. The van der Waals surface area contributed by atoms with Gasteiger partial charge >= 0.3 is 5.97 Å². The first kappa shape index (κ1) is 30.4. The van der Waals surface area contributed by atoms with E-state index in [0.29, 0.717) is 53.8 Å². The van der Waals surface area contributed by atoms with Crippen LogP contribution in [-0.2, 0) is 16.0 Å². The van der Waals surface area contributed by atoms with Crippen molar-refractivity contribution in [3.05, 3.63) is 126 Å². The molecule has 5 rings (SSSR count). The van der Waals surface area contributed by atoms with Crippen LogP contribution in [0.1, 0.15) is 46.5 Å². The third-order valence-corrected chi connectivity index (χ3v) is 7.46. The van der Waals surface area contributed by atoms with Gasteiger partial charge in [-0.2, -0.15) is 0 Å². The van der Waals surface area contributed by atoms with Gasteiger partial charge in [0.15, 0.2) is 5.78 Å². The molecule has 226 valence electrons. The molecule has 8 heteroatoms. The van der Waals surface area contributed by atoms with E-state index in [1.54, 1.807) is 79.1 Å². The lowest BCUT2D eigenvalue weighted by molar-refractivity contribution is -0.137. The topological polar surface area (TPSA) is 109 Å². The Morgan fingerprint density at radius 2 is 1.70 bits per heavy atom. The van der Waals surface area contributed by atoms with Crippen molar-refractivity contribution in [2.24, 2.45) is 5.92 Å². The summed E-state index contributed by atoms with van der Waals surface area (Å²) in [7, 11) is 0. The summed E-state index contributed by atoms with van der Waals surface area (Å²) in [6.45, 7) is 1.79. The number of benzene rings is 3. The average molecular weight is 593 g/mol. The molecule has 1 atom stereocenters. The fourth-order valence-electron chi connectivity index (χ4n) is 4.89. The number of carboxylic acids is 1. The third kappa shape index (κ3) is 8.70. The van der Waals surface area contributed by atoms with Crippen LogP contribution < -0.4 is 10.1 Å². The van der Waals surface area contributed by atoms with E-state index in [1.165, 1.54) is 0 Å². The minimum atomic E-state index is -1.02. The first-order chi connectivity index (χ1) is 21.5. The molecule has 0 unspecified atom stereocenters. The summed E-state index contributed by atoms with van der Waals surface area (Å²) in [4.78, 5) is 39.9. The Labute approximate surface area is 257 Å². The summed E-state index contributed by atoms with van der Waals surface area (Å²) >= 11 is 0. The molecule has 1 aliphatic rings. The number of carboxylic acid groups (broad SMARTS) is 1. The quantitative estimate of drug-likeness (QED) is 0.0888. The highest BCUT2D eigenvalue weighted by Gasteiger charge is 2.26. The number of para-hydroxylation sites is 1. The zero-order valence-corrected chi connectivity index (χ0v) is 24.4. The van der Waals surface area contributed by atoms with Gasteiger partial charge in [0.1, 0.15) is 17.6 Å². The predicted molar refractivity (Wildman–Crippen MR) is 169 cm³/mol. The Hall–Kier alpha value is -5.11. The summed E-state index contributed by atoms with van der Waals surface area (Å²) in [6.07, 6.45) is 8.03. The van der Waals surface area contributed by atoms with Crippen molar-refractivity contribution in [3.63, 3.8) is 0 Å². The second-order valence-corrected chi connectivity index (χ2v) is 10.9. The number of hydrogen-bond acceptors (Lipinski definition) is 6. The Bertz CT molecular complexity index is 1560. The van der Waals surface area contributed by atoms with Crippen LogP contribution in [0.2, 0.25) is 0 Å². The maximum absolute atomic E-state index is 13.1. The Kier molecular flexibility index (Phi) is 10.3. The van der Waals surface area contributed by atoms with E-state index >= 15 is 0 Å². The summed E-state index contributed by atoms with van der Waals surface area (Å²) < 4.78 is 11.2. The summed E-state index contributed by atoms with van der Waals surface area (Å²) in [5.41, 5.74) is 2.24. The molecular formula is C36H36N2O6. The van der Waals surface area contributed by atoms with Crippen LogP contribution in [-0.4, -0.2) is 53.4 Å². The lowest BCUT2D eigenvalue weighted by atomic mass is 10.00. The number of ketones is 1. The van der Waals surface area contributed by atoms with Crippen molar-refractivity contribution >= 4 is 29.4 Å². The SMILES string of the molecule is O=C(c1ccccc1)c1ccccc1N[C@@H](Cc1ccc(OCCCN(CC2CC2)C(=O)C=Cc2ccco2)cc1)C(=O)O. The van der Waals surface area contributed by atoms with Crippen LogP contribution >= 0.6 is 0 Å². The number of carbonyl (C=O) groups is 3. The minimum absolute atomic E-state index is 0.0358. The molecule has 4 aromatic rings. The second kappa shape index (κ2) is 14.9. The molecule has 1 fully saturated rings. The van der Waals surface area contributed by atoms with Crippen molar-refractivity contribution in [3.8, 4) is 5.75 Å². The van der Waals surface area contributed by atoms with Gasteiger partial charge in [0.05, 0.1) is 12.9 Å². The summed E-state index contributed by atoms with van der Waals surface area (Å²) in [5, 5.41) is 13.0. The van der Waals surface area contributed by atoms with Crippen molar-refractivity contribution in [1.29, 1.82) is 0 Å². The number of furan rings is 1. The molecule has 0 aliphatic heterocycles. The monoisotopic (exact) mass is 592 g/mol. The highest BCUT2D eigenvalue weighted by molar-refractivity contribution is 6.12. The van der Waals surface area contributed by atoms with Gasteiger partial charge < -0.3 is 24.5 Å². The highest BCUT2D eigenvalue weighted by atomic mass is 16.5. The molecule has 0 radical (unpaired) electrons. The van der Waals surface area contributed by atoms with E-state index in [4.69, 9.17) is 9.15 Å². The van der Waals surface area contributed by atoms with Crippen LogP contribution in [0.5, 0.6) is 5.75 Å². The lowest BCUT2D eigenvalue weighted by Crippen LogP contribution is -2.33. The van der Waals surface area contributed by atoms with Crippen LogP contribution in [0, 0.1) is 5.92 Å². The van der Waals surface area contributed by atoms with E-state index in [9.17, 15) is 19.5 Å². The van der Waals surface area contributed by atoms with Gasteiger partial charge in [-0.15, -0.1) is 0 Å². The molecule has 0 saturated heterocycles. The van der Waals surface area contributed by atoms with Crippen LogP contribution in [0.3, 0.4) is 0 Å². The number of anilines is 1. The van der Waals surface area contributed by atoms with Crippen LogP contribution in [0.25, 0.3) is 6.08 Å². The van der Waals surface area contributed by atoms with Crippen molar-refractivity contribution in [2.45, 2.75) is 31.7 Å². The van der Waals surface area contributed by atoms with Gasteiger partial charge in [-0.25, -0.2) is 4.79 Å². The number of rotatable bonds is 16. The molecule has 8 nitrogen and oxygen atoms in total. The molecule has 1 heterocycles. The van der Waals surface area contributed by atoms with Crippen molar-refractivity contribution in [1.82, 2.24) is 4.90 Å². The Balaban J connectivity index is 1.13. The fraction of sp³-hybridized carbons (Fsp3) is 0.250. The molecule has 2 N–H and O–H groups in total. The summed E-state index contributed by atoms with van der Waals surface area (Å²) in [5.74, 6) is 0.661. The number of carbonyl (C=O) groups excluding carboxylic acids is 2. The zero-order valence-electron chi connectivity index (χ0n) is 24.4. The van der Waals surface area contributed by atoms with E-state index < -0.39 is 12.0 Å². The molecule has 44 heavy (non-hydrogen) atoms. The fourth-order valence-corrected chi connectivity index (χ4v) is 4.89. The standard InChI is InChI=1S/C36H36N2O6/c39-34(20-19-29-10-6-22-43-29)38(25-27-13-14-27)21-7-23-44-30-17-15-26(16-18-30)24-33(36(41)42)37-32-12-5-4-11-31(32)35(40)28-8-2-1-3-9-28/h1-6,8-12,15-20,22,27,33,37H,7,13-14,21,23-25H2,(H,41,42)/t33-/m0/s1. The summed E-state index contributed by atoms with van der Waals surface area (Å²) in [6, 6.07) is 25.8. The Morgan fingerprint density at radius 3 is 2.41 bits per heavy atom. The number of aliphatic carboxylic acids is 1. The van der Waals surface area contributed by atoms with Crippen LogP contribution in [0.4, 0.5) is 5.69 Å². The Morgan fingerprint density at radius 1 is 0.955 bits per heavy atom. The van der Waals surface area contributed by atoms with E-state index in [1.807, 2.05) is 35.2 Å². The normalized spacial score (nSPS) is 13.4. The molecular weight excluding hydrogens is 556 g/mol. The van der Waals surface area contributed by atoms with E-state index in [-0.39, 0.29) is 18.1 Å². The van der Waals surface area contributed by atoms with Gasteiger partial charge in [0.25, 0.3) is 0 Å². The van der Waals surface area contributed by atoms with Gasteiger partial charge in [-0.3, -0.25) is 9.59 Å². The number of nitrogens with zero attached hydrogens (tertiary/aromatic N) is 1. The van der Waals surface area contributed by atoms with Crippen LogP contribution in [0.15, 0.2) is 108 Å². The zero-order chi connectivity index (χ0) is 30.7. The highest BCUT2D eigenvalue weighted by Crippen LogP contribution is 2.30. The average Bonchev–Trinajstić information content (AvgIpc) is 3.72. The lowest BCUT2D eigenvalue weighted by Gasteiger charge is -2.21.